The zero-order valence-corrected chi connectivity index (χ0v) is 13.5. The fourth-order valence-corrected chi connectivity index (χ4v) is 2.77. The molecule has 0 spiro atoms. The predicted octanol–water partition coefficient (Wildman–Crippen LogP) is 2.89. The summed E-state index contributed by atoms with van der Waals surface area (Å²) >= 11 is 11.8. The van der Waals surface area contributed by atoms with E-state index in [1.807, 2.05) is 0 Å². The van der Waals surface area contributed by atoms with Crippen LogP contribution in [-0.2, 0) is 9.59 Å². The molecular formula is C15H17Cl2N3O2. The Balaban J connectivity index is 1.83. The fraction of sp³-hybridized carbons (Fsp3) is 0.400. The van der Waals surface area contributed by atoms with Gasteiger partial charge in [-0.05, 0) is 25.0 Å². The normalized spacial score (nSPS) is 15.7. The number of nitrogens with one attached hydrogen (secondary N) is 2. The molecular weight excluding hydrogens is 325 g/mol. The summed E-state index contributed by atoms with van der Waals surface area (Å²) in [6, 6.07) is 4.98. The van der Waals surface area contributed by atoms with Crippen molar-refractivity contribution < 1.29 is 9.59 Å². The topological polar surface area (TPSA) is 70.6 Å². The van der Waals surface area contributed by atoms with Crippen molar-refractivity contribution in [1.29, 1.82) is 0 Å². The molecule has 1 aromatic rings. The van der Waals surface area contributed by atoms with Gasteiger partial charge in [-0.1, -0.05) is 48.5 Å². The van der Waals surface area contributed by atoms with Crippen LogP contribution in [-0.4, -0.2) is 24.1 Å². The number of nitrogens with zero attached hydrogens (tertiary/aromatic N) is 1. The molecule has 1 aromatic carbocycles. The summed E-state index contributed by atoms with van der Waals surface area (Å²) in [5, 5.41) is 7.38. The van der Waals surface area contributed by atoms with Crippen molar-refractivity contribution in [2.75, 3.05) is 0 Å². The number of halogens is 2. The molecule has 0 aromatic heterocycles. The molecule has 0 aliphatic heterocycles. The zero-order chi connectivity index (χ0) is 15.9. The van der Waals surface area contributed by atoms with E-state index >= 15 is 0 Å². The first-order valence-electron chi connectivity index (χ1n) is 7.15. The summed E-state index contributed by atoms with van der Waals surface area (Å²) < 4.78 is 0. The van der Waals surface area contributed by atoms with Gasteiger partial charge in [0.25, 0.3) is 0 Å². The van der Waals surface area contributed by atoms with Crippen LogP contribution in [0, 0.1) is 0 Å². The molecule has 2 N–H and O–H groups in total. The van der Waals surface area contributed by atoms with Crippen LogP contribution in [0.2, 0.25) is 10.0 Å². The Labute approximate surface area is 139 Å². The maximum atomic E-state index is 11.7. The Morgan fingerprint density at radius 2 is 1.86 bits per heavy atom. The van der Waals surface area contributed by atoms with E-state index in [0.29, 0.717) is 15.6 Å². The smallest absolute Gasteiger partial charge is 0.329 e. The minimum Gasteiger partial charge on any atom is -0.345 e. The van der Waals surface area contributed by atoms with Gasteiger partial charge in [0.1, 0.15) is 0 Å². The van der Waals surface area contributed by atoms with Gasteiger partial charge < -0.3 is 5.32 Å². The second kappa shape index (κ2) is 8.15. The van der Waals surface area contributed by atoms with Crippen LogP contribution >= 0.6 is 23.2 Å². The monoisotopic (exact) mass is 341 g/mol. The quantitative estimate of drug-likeness (QED) is 0.504. The van der Waals surface area contributed by atoms with Gasteiger partial charge in [-0.2, -0.15) is 5.10 Å². The molecule has 0 atom stereocenters. The van der Waals surface area contributed by atoms with Crippen LogP contribution in [0.1, 0.15) is 37.7 Å². The summed E-state index contributed by atoms with van der Waals surface area (Å²) in [4.78, 5) is 23.4. The van der Waals surface area contributed by atoms with Crippen LogP contribution in [0.25, 0.3) is 0 Å². The molecule has 0 radical (unpaired) electrons. The average Bonchev–Trinajstić information content (AvgIpc) is 2.50. The van der Waals surface area contributed by atoms with E-state index in [-0.39, 0.29) is 6.04 Å². The third kappa shape index (κ3) is 5.00. The number of amides is 2. The summed E-state index contributed by atoms with van der Waals surface area (Å²) in [6.07, 6.45) is 6.56. The minimum absolute atomic E-state index is 0.0849. The number of benzene rings is 1. The largest absolute Gasteiger partial charge is 0.345 e. The Bertz CT molecular complexity index is 584. The lowest BCUT2D eigenvalue weighted by atomic mass is 9.95. The molecule has 1 saturated carbocycles. The number of hydrogen-bond acceptors (Lipinski definition) is 3. The van der Waals surface area contributed by atoms with E-state index in [0.717, 1.165) is 25.7 Å². The summed E-state index contributed by atoms with van der Waals surface area (Å²) in [7, 11) is 0. The molecule has 5 nitrogen and oxygen atoms in total. The maximum absolute atomic E-state index is 11.7. The van der Waals surface area contributed by atoms with E-state index in [1.54, 1.807) is 18.2 Å². The van der Waals surface area contributed by atoms with Crippen molar-refractivity contribution in [2.24, 2.45) is 5.10 Å². The van der Waals surface area contributed by atoms with Gasteiger partial charge in [-0.25, -0.2) is 5.43 Å². The molecule has 7 heteroatoms. The lowest BCUT2D eigenvalue weighted by Gasteiger charge is -2.22. The Hall–Kier alpha value is -1.59. The van der Waals surface area contributed by atoms with Gasteiger partial charge in [-0.3, -0.25) is 9.59 Å². The fourth-order valence-electron chi connectivity index (χ4n) is 2.32. The maximum Gasteiger partial charge on any atom is 0.329 e. The van der Waals surface area contributed by atoms with E-state index in [1.165, 1.54) is 12.6 Å². The van der Waals surface area contributed by atoms with Gasteiger partial charge in [0.2, 0.25) is 0 Å². The van der Waals surface area contributed by atoms with Crippen molar-refractivity contribution in [3.63, 3.8) is 0 Å². The van der Waals surface area contributed by atoms with Gasteiger partial charge in [0.05, 0.1) is 11.2 Å². The SMILES string of the molecule is O=C(N/N=C/c1ccc(Cl)cc1Cl)C(=O)NC1CCCCC1. The van der Waals surface area contributed by atoms with E-state index in [4.69, 9.17) is 23.2 Å². The van der Waals surface area contributed by atoms with Gasteiger partial charge in [-0.15, -0.1) is 0 Å². The van der Waals surface area contributed by atoms with Gasteiger partial charge >= 0.3 is 11.8 Å². The molecule has 0 unspecified atom stereocenters. The number of hydrazone groups is 1. The standard InChI is InChI=1S/C15H17Cl2N3O2/c16-11-7-6-10(13(17)8-11)9-18-20-15(22)14(21)19-12-4-2-1-3-5-12/h6-9,12H,1-5H2,(H,19,21)(H,20,22)/b18-9+. The first-order chi connectivity index (χ1) is 10.6. The molecule has 0 heterocycles. The van der Waals surface area contributed by atoms with Gasteiger partial charge in [0, 0.05) is 16.6 Å². The third-order valence-corrected chi connectivity index (χ3v) is 4.04. The van der Waals surface area contributed by atoms with E-state index in [9.17, 15) is 9.59 Å². The molecule has 1 aliphatic rings. The molecule has 0 saturated heterocycles. The second-order valence-corrected chi connectivity index (χ2v) is 6.02. The molecule has 118 valence electrons. The Morgan fingerprint density at radius 1 is 1.14 bits per heavy atom. The molecule has 1 aliphatic carbocycles. The highest BCUT2D eigenvalue weighted by molar-refractivity contribution is 6.36. The average molecular weight is 342 g/mol. The summed E-state index contributed by atoms with van der Waals surface area (Å²) in [5.41, 5.74) is 2.79. The zero-order valence-electron chi connectivity index (χ0n) is 11.9. The Morgan fingerprint density at radius 3 is 2.55 bits per heavy atom. The number of carbonyl (C=O) groups excluding carboxylic acids is 2. The predicted molar refractivity (Wildman–Crippen MR) is 87.2 cm³/mol. The Kier molecular flexibility index (Phi) is 6.21. The summed E-state index contributed by atoms with van der Waals surface area (Å²) in [6.45, 7) is 0. The number of rotatable bonds is 3. The first-order valence-corrected chi connectivity index (χ1v) is 7.91. The molecule has 22 heavy (non-hydrogen) atoms. The molecule has 2 rings (SSSR count). The highest BCUT2D eigenvalue weighted by Gasteiger charge is 2.19. The van der Waals surface area contributed by atoms with Crippen molar-refractivity contribution in [2.45, 2.75) is 38.1 Å². The summed E-state index contributed by atoms with van der Waals surface area (Å²) in [5.74, 6) is -1.45. The van der Waals surface area contributed by atoms with Crippen molar-refractivity contribution in [3.8, 4) is 0 Å². The molecule has 1 fully saturated rings. The van der Waals surface area contributed by atoms with Gasteiger partial charge in [0.15, 0.2) is 0 Å². The van der Waals surface area contributed by atoms with Crippen LogP contribution < -0.4 is 10.7 Å². The first kappa shape index (κ1) is 16.8. The third-order valence-electron chi connectivity index (χ3n) is 3.48. The van der Waals surface area contributed by atoms with Crippen molar-refractivity contribution in [1.82, 2.24) is 10.7 Å². The van der Waals surface area contributed by atoms with Crippen LogP contribution in [0.5, 0.6) is 0 Å². The molecule has 0 bridgehead atoms. The number of hydrogen-bond donors (Lipinski definition) is 2. The van der Waals surface area contributed by atoms with E-state index < -0.39 is 11.8 Å². The van der Waals surface area contributed by atoms with E-state index in [2.05, 4.69) is 15.8 Å². The number of carbonyl (C=O) groups is 2. The van der Waals surface area contributed by atoms with Crippen molar-refractivity contribution in [3.05, 3.63) is 33.8 Å². The second-order valence-electron chi connectivity index (χ2n) is 5.17. The van der Waals surface area contributed by atoms with Crippen LogP contribution in [0.3, 0.4) is 0 Å². The minimum atomic E-state index is -0.785. The lowest BCUT2D eigenvalue weighted by molar-refractivity contribution is -0.139. The van der Waals surface area contributed by atoms with Crippen LogP contribution in [0.4, 0.5) is 0 Å². The molecule has 2 amide bonds. The lowest BCUT2D eigenvalue weighted by Crippen LogP contribution is -2.44. The highest BCUT2D eigenvalue weighted by Crippen LogP contribution is 2.19. The van der Waals surface area contributed by atoms with Crippen molar-refractivity contribution >= 4 is 41.2 Å². The highest BCUT2D eigenvalue weighted by atomic mass is 35.5. The van der Waals surface area contributed by atoms with Crippen LogP contribution in [0.15, 0.2) is 23.3 Å².